The molecule has 0 aliphatic rings. The van der Waals surface area contributed by atoms with E-state index in [0.717, 1.165) is 18.5 Å². The van der Waals surface area contributed by atoms with E-state index in [2.05, 4.69) is 19.2 Å². The van der Waals surface area contributed by atoms with E-state index >= 15 is 0 Å². The van der Waals surface area contributed by atoms with Crippen LogP contribution in [0, 0.1) is 17.0 Å². The molecule has 1 unspecified atom stereocenters. The van der Waals surface area contributed by atoms with Crippen molar-refractivity contribution in [1.29, 1.82) is 0 Å². The Morgan fingerprint density at radius 3 is 2.69 bits per heavy atom. The molecule has 4 heteroatoms. The number of hydrogen-bond acceptors (Lipinski definition) is 3. The van der Waals surface area contributed by atoms with Crippen molar-refractivity contribution in [3.8, 4) is 0 Å². The van der Waals surface area contributed by atoms with Gasteiger partial charge in [-0.3, -0.25) is 10.1 Å². The van der Waals surface area contributed by atoms with Gasteiger partial charge in [-0.05, 0) is 31.9 Å². The second kappa shape index (κ2) is 5.61. The van der Waals surface area contributed by atoms with Crippen molar-refractivity contribution in [3.05, 3.63) is 39.4 Å². The maximum Gasteiger partial charge on any atom is 0.272 e. The first-order valence-corrected chi connectivity index (χ1v) is 5.52. The lowest BCUT2D eigenvalue weighted by atomic mass is 10.1. The average molecular weight is 222 g/mol. The highest BCUT2D eigenvalue weighted by molar-refractivity contribution is 5.41. The standard InChI is InChI=1S/C12H18N2O2/c1-4-10(3)13-8-11-5-6-12(14(15)16)9(2)7-11/h5-7,10,13H,4,8H2,1-3H3. The molecular weight excluding hydrogens is 204 g/mol. The Morgan fingerprint density at radius 2 is 2.19 bits per heavy atom. The molecule has 0 amide bonds. The second-order valence-electron chi connectivity index (χ2n) is 4.07. The number of nitrogens with one attached hydrogen (secondary N) is 1. The van der Waals surface area contributed by atoms with Gasteiger partial charge in [-0.1, -0.05) is 13.0 Å². The van der Waals surface area contributed by atoms with Gasteiger partial charge in [-0.15, -0.1) is 0 Å². The largest absolute Gasteiger partial charge is 0.310 e. The lowest BCUT2D eigenvalue weighted by molar-refractivity contribution is -0.385. The third-order valence-corrected chi connectivity index (χ3v) is 2.72. The third-order valence-electron chi connectivity index (χ3n) is 2.72. The maximum atomic E-state index is 10.6. The van der Waals surface area contributed by atoms with Gasteiger partial charge in [0.05, 0.1) is 4.92 Å². The van der Waals surface area contributed by atoms with Crippen molar-refractivity contribution in [3.63, 3.8) is 0 Å². The number of benzene rings is 1. The summed E-state index contributed by atoms with van der Waals surface area (Å²) in [5, 5.41) is 14.0. The molecule has 0 bridgehead atoms. The molecule has 0 saturated carbocycles. The van der Waals surface area contributed by atoms with E-state index in [1.165, 1.54) is 0 Å². The first-order valence-electron chi connectivity index (χ1n) is 5.52. The van der Waals surface area contributed by atoms with Crippen molar-refractivity contribution in [2.24, 2.45) is 0 Å². The van der Waals surface area contributed by atoms with Gasteiger partial charge >= 0.3 is 0 Å². The van der Waals surface area contributed by atoms with Crippen molar-refractivity contribution in [2.45, 2.75) is 39.8 Å². The molecule has 0 aliphatic heterocycles. The molecule has 1 atom stereocenters. The lowest BCUT2D eigenvalue weighted by Crippen LogP contribution is -2.24. The smallest absolute Gasteiger partial charge is 0.272 e. The molecule has 1 N–H and O–H groups in total. The summed E-state index contributed by atoms with van der Waals surface area (Å²) in [5.74, 6) is 0. The first-order chi connectivity index (χ1) is 7.54. The Hall–Kier alpha value is -1.42. The van der Waals surface area contributed by atoms with Crippen LogP contribution >= 0.6 is 0 Å². The van der Waals surface area contributed by atoms with Crippen molar-refractivity contribution in [1.82, 2.24) is 5.32 Å². The molecule has 0 radical (unpaired) electrons. The summed E-state index contributed by atoms with van der Waals surface area (Å²) in [4.78, 5) is 10.3. The van der Waals surface area contributed by atoms with Crippen LogP contribution < -0.4 is 5.32 Å². The molecule has 1 aromatic rings. The highest BCUT2D eigenvalue weighted by Gasteiger charge is 2.10. The zero-order chi connectivity index (χ0) is 12.1. The summed E-state index contributed by atoms with van der Waals surface area (Å²) >= 11 is 0. The fourth-order valence-corrected chi connectivity index (χ4v) is 1.47. The molecule has 0 aliphatic carbocycles. The van der Waals surface area contributed by atoms with Gasteiger partial charge in [0.15, 0.2) is 0 Å². The van der Waals surface area contributed by atoms with Crippen LogP contribution in [0.2, 0.25) is 0 Å². The van der Waals surface area contributed by atoms with Crippen LogP contribution in [-0.2, 0) is 6.54 Å². The highest BCUT2D eigenvalue weighted by Crippen LogP contribution is 2.18. The number of hydrogen-bond donors (Lipinski definition) is 1. The number of aryl methyl sites for hydroxylation is 1. The van der Waals surface area contributed by atoms with Gasteiger partial charge in [-0.2, -0.15) is 0 Å². The average Bonchev–Trinajstić information content (AvgIpc) is 2.25. The van der Waals surface area contributed by atoms with E-state index in [4.69, 9.17) is 0 Å². The van der Waals surface area contributed by atoms with E-state index in [0.29, 0.717) is 11.6 Å². The normalized spacial score (nSPS) is 12.4. The van der Waals surface area contributed by atoms with Gasteiger partial charge in [0.1, 0.15) is 0 Å². The van der Waals surface area contributed by atoms with Crippen LogP contribution in [0.15, 0.2) is 18.2 Å². The summed E-state index contributed by atoms with van der Waals surface area (Å²) in [7, 11) is 0. The topological polar surface area (TPSA) is 55.2 Å². The Kier molecular flexibility index (Phi) is 4.43. The van der Waals surface area contributed by atoms with Gasteiger partial charge < -0.3 is 5.32 Å². The van der Waals surface area contributed by atoms with Crippen molar-refractivity contribution in [2.75, 3.05) is 0 Å². The van der Waals surface area contributed by atoms with E-state index in [9.17, 15) is 10.1 Å². The lowest BCUT2D eigenvalue weighted by Gasteiger charge is -2.11. The van der Waals surface area contributed by atoms with Crippen LogP contribution in [0.1, 0.15) is 31.4 Å². The molecule has 0 spiro atoms. The molecule has 0 heterocycles. The second-order valence-corrected chi connectivity index (χ2v) is 4.07. The van der Waals surface area contributed by atoms with Crippen LogP contribution in [0.5, 0.6) is 0 Å². The van der Waals surface area contributed by atoms with Crippen molar-refractivity contribution >= 4 is 5.69 Å². The summed E-state index contributed by atoms with van der Waals surface area (Å²) < 4.78 is 0. The predicted molar refractivity (Wildman–Crippen MR) is 64.4 cm³/mol. The summed E-state index contributed by atoms with van der Waals surface area (Å²) in [6.45, 7) is 6.77. The molecule has 1 rings (SSSR count). The molecular formula is C12H18N2O2. The van der Waals surface area contributed by atoms with Gasteiger partial charge in [0.2, 0.25) is 0 Å². The fraction of sp³-hybridized carbons (Fsp3) is 0.500. The van der Waals surface area contributed by atoms with Crippen LogP contribution in [-0.4, -0.2) is 11.0 Å². The zero-order valence-corrected chi connectivity index (χ0v) is 9.99. The van der Waals surface area contributed by atoms with Gasteiger partial charge in [0, 0.05) is 24.2 Å². The molecule has 0 saturated heterocycles. The zero-order valence-electron chi connectivity index (χ0n) is 9.99. The third kappa shape index (κ3) is 3.31. The minimum atomic E-state index is -0.346. The van der Waals surface area contributed by atoms with E-state index in [1.807, 2.05) is 6.07 Å². The maximum absolute atomic E-state index is 10.6. The fourth-order valence-electron chi connectivity index (χ4n) is 1.47. The molecule has 16 heavy (non-hydrogen) atoms. The first kappa shape index (κ1) is 12.6. The number of nitro groups is 1. The molecule has 1 aromatic carbocycles. The van der Waals surface area contributed by atoms with Crippen molar-refractivity contribution < 1.29 is 4.92 Å². The predicted octanol–water partition coefficient (Wildman–Crippen LogP) is 2.79. The molecule has 88 valence electrons. The van der Waals surface area contributed by atoms with E-state index < -0.39 is 0 Å². The highest BCUT2D eigenvalue weighted by atomic mass is 16.6. The van der Waals surface area contributed by atoms with Crippen LogP contribution in [0.4, 0.5) is 5.69 Å². The van der Waals surface area contributed by atoms with E-state index in [1.54, 1.807) is 19.1 Å². The Bertz CT molecular complexity index is 377. The Balaban J connectivity index is 2.70. The minimum absolute atomic E-state index is 0.187. The van der Waals surface area contributed by atoms with Gasteiger partial charge in [-0.25, -0.2) is 0 Å². The quantitative estimate of drug-likeness (QED) is 0.615. The molecule has 0 aromatic heterocycles. The number of nitrogens with zero attached hydrogens (tertiary/aromatic N) is 1. The number of rotatable bonds is 5. The minimum Gasteiger partial charge on any atom is -0.310 e. The van der Waals surface area contributed by atoms with E-state index in [-0.39, 0.29) is 10.6 Å². The summed E-state index contributed by atoms with van der Waals surface area (Å²) in [5.41, 5.74) is 1.99. The van der Waals surface area contributed by atoms with Gasteiger partial charge in [0.25, 0.3) is 5.69 Å². The van der Waals surface area contributed by atoms with Crippen LogP contribution in [0.3, 0.4) is 0 Å². The number of nitro benzene ring substituents is 1. The molecule has 0 fully saturated rings. The Labute approximate surface area is 95.8 Å². The summed E-state index contributed by atoms with van der Waals surface area (Å²) in [6, 6.07) is 5.72. The summed E-state index contributed by atoms with van der Waals surface area (Å²) in [6.07, 6.45) is 1.08. The molecule has 4 nitrogen and oxygen atoms in total. The van der Waals surface area contributed by atoms with Crippen LogP contribution in [0.25, 0.3) is 0 Å². The SMILES string of the molecule is CCC(C)NCc1ccc([N+](=O)[O-])c(C)c1. The Morgan fingerprint density at radius 1 is 1.50 bits per heavy atom. The monoisotopic (exact) mass is 222 g/mol.